The summed E-state index contributed by atoms with van der Waals surface area (Å²) in [7, 11) is 3.14. The molecule has 2 heterocycles. The van der Waals surface area contributed by atoms with Gasteiger partial charge in [-0.1, -0.05) is 42.5 Å². The molecule has 1 N–H and O–H groups in total. The molecule has 0 unspecified atom stereocenters. The van der Waals surface area contributed by atoms with E-state index in [4.69, 9.17) is 9.47 Å². The van der Waals surface area contributed by atoms with Crippen LogP contribution in [0.15, 0.2) is 66.7 Å². The maximum atomic E-state index is 13.8. The van der Waals surface area contributed by atoms with Gasteiger partial charge in [0.2, 0.25) is 5.91 Å². The highest BCUT2D eigenvalue weighted by atomic mass is 16.5. The maximum absolute atomic E-state index is 13.8. The zero-order chi connectivity index (χ0) is 22.2. The van der Waals surface area contributed by atoms with Gasteiger partial charge < -0.3 is 19.7 Å². The number of amides is 2. The third-order valence-corrected chi connectivity index (χ3v) is 6.38. The Balaban J connectivity index is 1.60. The Labute approximate surface area is 186 Å². The number of benzene rings is 3. The number of fused-ring (bicyclic) bond motifs is 4. The number of nitrogens with one attached hydrogen (secondary N) is 1. The summed E-state index contributed by atoms with van der Waals surface area (Å²) < 4.78 is 10.7. The molecule has 0 aromatic heterocycles. The average Bonchev–Trinajstić information content (AvgIpc) is 2.84. The second-order valence-electron chi connectivity index (χ2n) is 8.01. The predicted molar refractivity (Wildman–Crippen MR) is 121 cm³/mol. The molecule has 0 aliphatic carbocycles. The molecule has 0 spiro atoms. The molecule has 2 aliphatic heterocycles. The number of hydrogen-bond acceptors (Lipinski definition) is 4. The fourth-order valence-corrected chi connectivity index (χ4v) is 4.87. The Morgan fingerprint density at radius 2 is 1.72 bits per heavy atom. The van der Waals surface area contributed by atoms with Gasteiger partial charge in [0.1, 0.15) is 11.5 Å². The van der Waals surface area contributed by atoms with E-state index in [1.807, 2.05) is 47.4 Å². The van der Waals surface area contributed by atoms with E-state index >= 15 is 0 Å². The largest absolute Gasteiger partial charge is 0.497 e. The third-order valence-electron chi connectivity index (χ3n) is 6.38. The molecule has 0 saturated carbocycles. The van der Waals surface area contributed by atoms with Gasteiger partial charge in [-0.25, -0.2) is 0 Å². The standard InChI is InChI=1S/C26H24N2O4/c1-31-17-11-12-21(22(15-17)32-2)27-25(29)23-19-9-5-6-10-20(19)26(30)28-14-13-16-7-3-4-8-18(16)24(23)28/h3-12,15,23-24H,13-14H2,1-2H3,(H,27,29)/t23-,24-/m1/s1. The molecule has 0 radical (unpaired) electrons. The lowest BCUT2D eigenvalue weighted by molar-refractivity contribution is -0.119. The highest BCUT2D eigenvalue weighted by Gasteiger charge is 2.46. The number of anilines is 1. The zero-order valence-corrected chi connectivity index (χ0v) is 18.0. The predicted octanol–water partition coefficient (Wildman–Crippen LogP) is 4.18. The zero-order valence-electron chi connectivity index (χ0n) is 18.0. The SMILES string of the molecule is COc1ccc(NC(=O)[C@@H]2c3ccccc3C(=O)N3CCc4ccccc4[C@H]23)c(OC)c1. The van der Waals surface area contributed by atoms with E-state index in [2.05, 4.69) is 11.4 Å². The van der Waals surface area contributed by atoms with Crippen LogP contribution >= 0.6 is 0 Å². The molecular formula is C26H24N2O4. The highest BCUT2D eigenvalue weighted by molar-refractivity contribution is 6.05. The first-order valence-corrected chi connectivity index (χ1v) is 10.6. The molecule has 6 nitrogen and oxygen atoms in total. The number of rotatable bonds is 4. The van der Waals surface area contributed by atoms with Gasteiger partial charge in [0.05, 0.1) is 31.9 Å². The van der Waals surface area contributed by atoms with Gasteiger partial charge in [-0.15, -0.1) is 0 Å². The van der Waals surface area contributed by atoms with Crippen molar-refractivity contribution in [1.82, 2.24) is 4.90 Å². The van der Waals surface area contributed by atoms with Crippen LogP contribution in [0.25, 0.3) is 0 Å². The summed E-state index contributed by atoms with van der Waals surface area (Å²) in [5.74, 6) is 0.406. The summed E-state index contributed by atoms with van der Waals surface area (Å²) in [6.45, 7) is 0.588. The number of carbonyl (C=O) groups excluding carboxylic acids is 2. The minimum atomic E-state index is -0.544. The van der Waals surface area contributed by atoms with Crippen LogP contribution in [0.3, 0.4) is 0 Å². The van der Waals surface area contributed by atoms with E-state index in [0.29, 0.717) is 29.3 Å². The minimum Gasteiger partial charge on any atom is -0.497 e. The second kappa shape index (κ2) is 8.04. The number of hydrogen-bond donors (Lipinski definition) is 1. The molecule has 0 bridgehead atoms. The van der Waals surface area contributed by atoms with Crippen LogP contribution in [0.1, 0.15) is 39.0 Å². The normalized spacial score (nSPS) is 18.8. The first-order chi connectivity index (χ1) is 15.6. The van der Waals surface area contributed by atoms with Crippen LogP contribution in [0.5, 0.6) is 11.5 Å². The molecule has 5 rings (SSSR count). The molecule has 0 saturated heterocycles. The quantitative estimate of drug-likeness (QED) is 0.677. The summed E-state index contributed by atoms with van der Waals surface area (Å²) in [4.78, 5) is 29.0. The lowest BCUT2D eigenvalue weighted by atomic mass is 9.76. The Morgan fingerprint density at radius 1 is 0.969 bits per heavy atom. The van der Waals surface area contributed by atoms with Gasteiger partial charge in [-0.2, -0.15) is 0 Å². The molecule has 6 heteroatoms. The van der Waals surface area contributed by atoms with Gasteiger partial charge >= 0.3 is 0 Å². The summed E-state index contributed by atoms with van der Waals surface area (Å²) in [6.07, 6.45) is 0.779. The van der Waals surface area contributed by atoms with Crippen LogP contribution in [-0.2, 0) is 11.2 Å². The van der Waals surface area contributed by atoms with Gasteiger partial charge in [0.15, 0.2) is 0 Å². The van der Waals surface area contributed by atoms with E-state index in [1.165, 1.54) is 5.56 Å². The topological polar surface area (TPSA) is 67.9 Å². The number of methoxy groups -OCH3 is 2. The highest BCUT2D eigenvalue weighted by Crippen LogP contribution is 2.46. The van der Waals surface area contributed by atoms with Crippen molar-refractivity contribution in [3.63, 3.8) is 0 Å². The van der Waals surface area contributed by atoms with Crippen LogP contribution in [0, 0.1) is 0 Å². The van der Waals surface area contributed by atoms with Crippen molar-refractivity contribution in [3.8, 4) is 11.5 Å². The Hall–Kier alpha value is -3.80. The fraction of sp³-hybridized carbons (Fsp3) is 0.231. The van der Waals surface area contributed by atoms with Crippen molar-refractivity contribution in [2.45, 2.75) is 18.4 Å². The summed E-state index contributed by atoms with van der Waals surface area (Å²) in [5.41, 5.74) is 4.11. The maximum Gasteiger partial charge on any atom is 0.254 e. The van der Waals surface area contributed by atoms with Crippen molar-refractivity contribution in [2.75, 3.05) is 26.1 Å². The van der Waals surface area contributed by atoms with Gasteiger partial charge in [-0.05, 0) is 41.3 Å². The number of nitrogens with zero attached hydrogens (tertiary/aromatic N) is 1. The molecule has 2 aliphatic rings. The van der Waals surface area contributed by atoms with Gasteiger partial charge in [0.25, 0.3) is 5.91 Å². The Morgan fingerprint density at radius 3 is 2.50 bits per heavy atom. The average molecular weight is 428 g/mol. The first kappa shape index (κ1) is 20.1. The molecule has 0 fully saturated rings. The van der Waals surface area contributed by atoms with Crippen LogP contribution < -0.4 is 14.8 Å². The smallest absolute Gasteiger partial charge is 0.254 e. The van der Waals surface area contributed by atoms with Crippen LogP contribution in [0.4, 0.5) is 5.69 Å². The monoisotopic (exact) mass is 428 g/mol. The summed E-state index contributed by atoms with van der Waals surface area (Å²) >= 11 is 0. The molecule has 32 heavy (non-hydrogen) atoms. The number of ether oxygens (including phenoxy) is 2. The Bertz CT molecular complexity index is 1210. The molecule has 2 amide bonds. The Kier molecular flexibility index (Phi) is 5.05. The van der Waals surface area contributed by atoms with Gasteiger partial charge in [-0.3, -0.25) is 9.59 Å². The number of carbonyl (C=O) groups is 2. The minimum absolute atomic E-state index is 0.0221. The molecule has 3 aromatic carbocycles. The lowest BCUT2D eigenvalue weighted by Gasteiger charge is -2.45. The van der Waals surface area contributed by atoms with E-state index in [1.54, 1.807) is 32.4 Å². The van der Waals surface area contributed by atoms with Crippen molar-refractivity contribution in [3.05, 3.63) is 89.0 Å². The summed E-state index contributed by atoms with van der Waals surface area (Å²) in [6, 6.07) is 20.4. The van der Waals surface area contributed by atoms with Crippen molar-refractivity contribution in [2.24, 2.45) is 0 Å². The van der Waals surface area contributed by atoms with E-state index in [0.717, 1.165) is 17.5 Å². The molecule has 3 aromatic rings. The molecule has 162 valence electrons. The molecular weight excluding hydrogens is 404 g/mol. The summed E-state index contributed by atoms with van der Waals surface area (Å²) in [5, 5.41) is 3.04. The van der Waals surface area contributed by atoms with E-state index in [9.17, 15) is 9.59 Å². The lowest BCUT2D eigenvalue weighted by Crippen LogP contribution is -2.49. The van der Waals surface area contributed by atoms with Crippen LogP contribution in [-0.4, -0.2) is 37.5 Å². The van der Waals surface area contributed by atoms with Crippen LogP contribution in [0.2, 0.25) is 0 Å². The van der Waals surface area contributed by atoms with Gasteiger partial charge in [0, 0.05) is 18.2 Å². The van der Waals surface area contributed by atoms with Crippen molar-refractivity contribution >= 4 is 17.5 Å². The van der Waals surface area contributed by atoms with Crippen molar-refractivity contribution < 1.29 is 19.1 Å². The second-order valence-corrected chi connectivity index (χ2v) is 8.01. The van der Waals surface area contributed by atoms with Crippen molar-refractivity contribution in [1.29, 1.82) is 0 Å². The van der Waals surface area contributed by atoms with E-state index in [-0.39, 0.29) is 17.9 Å². The molecule has 2 atom stereocenters. The first-order valence-electron chi connectivity index (χ1n) is 10.6. The fourth-order valence-electron chi connectivity index (χ4n) is 4.87. The van der Waals surface area contributed by atoms with E-state index < -0.39 is 5.92 Å². The third kappa shape index (κ3) is 3.19.